The number of carbonyl (C=O) groups excluding carboxylic acids is 1. The van der Waals surface area contributed by atoms with E-state index >= 15 is 0 Å². The summed E-state index contributed by atoms with van der Waals surface area (Å²) in [7, 11) is 0. The predicted molar refractivity (Wildman–Crippen MR) is 73.8 cm³/mol. The molecule has 1 aliphatic rings. The van der Waals surface area contributed by atoms with Crippen molar-refractivity contribution in [2.75, 3.05) is 11.9 Å². The van der Waals surface area contributed by atoms with Gasteiger partial charge in [0.05, 0.1) is 22.5 Å². The van der Waals surface area contributed by atoms with Crippen LogP contribution in [0.2, 0.25) is 5.02 Å². The third kappa shape index (κ3) is 3.28. The Hall–Kier alpha value is -0.750. The lowest BCUT2D eigenvalue weighted by atomic mass is 10.1. The first-order chi connectivity index (χ1) is 9.36. The number of hydrogen-bond acceptors (Lipinski definition) is 1. The smallest absolute Gasteiger partial charge is 0.293 e. The van der Waals surface area contributed by atoms with E-state index in [2.05, 4.69) is 15.9 Å². The number of hydrogen-bond donors (Lipinski definition) is 0. The summed E-state index contributed by atoms with van der Waals surface area (Å²) in [4.78, 5) is 12.8. The Balaban J connectivity index is 2.25. The summed E-state index contributed by atoms with van der Waals surface area (Å²) in [5.41, 5.74) is -0.780. The van der Waals surface area contributed by atoms with Crippen LogP contribution in [0.3, 0.4) is 0 Å². The molecule has 1 aromatic carbocycles. The molecule has 0 aliphatic heterocycles. The Morgan fingerprint density at radius 1 is 1.45 bits per heavy atom. The van der Waals surface area contributed by atoms with Gasteiger partial charge in [-0.15, -0.1) is 0 Å². The summed E-state index contributed by atoms with van der Waals surface area (Å²) in [6.07, 6.45) is 1.40. The summed E-state index contributed by atoms with van der Waals surface area (Å²) < 4.78 is 42.2. The second-order valence-corrected chi connectivity index (χ2v) is 5.66. The zero-order valence-corrected chi connectivity index (χ0v) is 12.7. The van der Waals surface area contributed by atoms with Crippen molar-refractivity contribution in [1.82, 2.24) is 4.90 Å². The van der Waals surface area contributed by atoms with E-state index in [1.54, 1.807) is 0 Å². The molecule has 0 radical (unpaired) electrons. The predicted octanol–water partition coefficient (Wildman–Crippen LogP) is 3.96. The molecule has 110 valence electrons. The number of carbonyl (C=O) groups is 1. The summed E-state index contributed by atoms with van der Waals surface area (Å²) in [5.74, 6) is -5.04. The van der Waals surface area contributed by atoms with Gasteiger partial charge in [0.25, 0.3) is 5.92 Å². The van der Waals surface area contributed by atoms with Gasteiger partial charge in [0.2, 0.25) is 5.91 Å². The van der Waals surface area contributed by atoms with Gasteiger partial charge in [-0.3, -0.25) is 4.79 Å². The molecule has 20 heavy (non-hydrogen) atoms. The SMILES string of the molecule is O=C(CBr)N(CC(F)(F)c1cccc(Cl)c1F)C1CC1. The van der Waals surface area contributed by atoms with Gasteiger partial charge in [-0.2, -0.15) is 8.78 Å². The molecule has 2 rings (SSSR count). The highest BCUT2D eigenvalue weighted by atomic mass is 79.9. The van der Waals surface area contributed by atoms with Crippen LogP contribution in [0.4, 0.5) is 13.2 Å². The van der Waals surface area contributed by atoms with Gasteiger partial charge in [-0.1, -0.05) is 33.6 Å². The Morgan fingerprint density at radius 3 is 2.65 bits per heavy atom. The molecule has 0 heterocycles. The maximum Gasteiger partial charge on any atom is 0.293 e. The number of halogens is 5. The number of benzene rings is 1. The molecule has 7 heteroatoms. The van der Waals surface area contributed by atoms with E-state index < -0.39 is 29.8 Å². The van der Waals surface area contributed by atoms with E-state index in [0.29, 0.717) is 12.8 Å². The van der Waals surface area contributed by atoms with E-state index in [1.165, 1.54) is 12.1 Å². The van der Waals surface area contributed by atoms with Gasteiger partial charge in [0, 0.05) is 6.04 Å². The van der Waals surface area contributed by atoms with Crippen molar-refractivity contribution in [3.8, 4) is 0 Å². The van der Waals surface area contributed by atoms with Crippen LogP contribution in [-0.2, 0) is 10.7 Å². The van der Waals surface area contributed by atoms with Crippen LogP contribution in [0, 0.1) is 5.82 Å². The van der Waals surface area contributed by atoms with E-state index in [1.807, 2.05) is 0 Å². The normalized spacial score (nSPS) is 15.2. The fourth-order valence-corrected chi connectivity index (χ4v) is 2.47. The minimum absolute atomic E-state index is 0.0302. The molecule has 0 spiro atoms. The van der Waals surface area contributed by atoms with E-state index in [-0.39, 0.29) is 16.4 Å². The van der Waals surface area contributed by atoms with Gasteiger partial charge in [0.1, 0.15) is 0 Å². The van der Waals surface area contributed by atoms with Crippen LogP contribution in [-0.4, -0.2) is 28.7 Å². The van der Waals surface area contributed by atoms with Crippen LogP contribution in [0.5, 0.6) is 0 Å². The molecule has 0 unspecified atom stereocenters. The van der Waals surface area contributed by atoms with E-state index in [4.69, 9.17) is 11.6 Å². The molecule has 0 bridgehead atoms. The largest absolute Gasteiger partial charge is 0.333 e. The third-order valence-electron chi connectivity index (χ3n) is 3.14. The molecule has 1 saturated carbocycles. The lowest BCUT2D eigenvalue weighted by Crippen LogP contribution is -2.42. The average Bonchev–Trinajstić information content (AvgIpc) is 3.22. The van der Waals surface area contributed by atoms with Gasteiger partial charge < -0.3 is 4.90 Å². The monoisotopic (exact) mass is 369 g/mol. The van der Waals surface area contributed by atoms with E-state index in [9.17, 15) is 18.0 Å². The fraction of sp³-hybridized carbons (Fsp3) is 0.462. The van der Waals surface area contributed by atoms with Crippen molar-refractivity contribution in [3.05, 3.63) is 34.6 Å². The standard InChI is InChI=1S/C13H12BrClF3NO/c14-6-11(20)19(8-4-5-8)7-13(17,18)9-2-1-3-10(15)12(9)16/h1-3,8H,4-7H2. The van der Waals surface area contributed by atoms with Gasteiger partial charge >= 0.3 is 0 Å². The van der Waals surface area contributed by atoms with Gasteiger partial charge in [0.15, 0.2) is 5.82 Å². The Bertz CT molecular complexity index is 522. The van der Waals surface area contributed by atoms with Crippen molar-refractivity contribution < 1.29 is 18.0 Å². The molecule has 1 amide bonds. The highest BCUT2D eigenvalue weighted by Crippen LogP contribution is 2.37. The number of rotatable bonds is 5. The van der Waals surface area contributed by atoms with Gasteiger partial charge in [-0.25, -0.2) is 4.39 Å². The van der Waals surface area contributed by atoms with Crippen molar-refractivity contribution in [3.63, 3.8) is 0 Å². The zero-order valence-electron chi connectivity index (χ0n) is 10.4. The maximum atomic E-state index is 14.2. The Morgan fingerprint density at radius 2 is 2.10 bits per heavy atom. The molecule has 0 saturated heterocycles. The Labute approximate surface area is 128 Å². The van der Waals surface area contributed by atoms with Gasteiger partial charge in [-0.05, 0) is 25.0 Å². The number of amides is 1. The lowest BCUT2D eigenvalue weighted by molar-refractivity contribution is -0.135. The molecule has 1 aliphatic carbocycles. The fourth-order valence-electron chi connectivity index (χ4n) is 1.97. The maximum absolute atomic E-state index is 14.2. The van der Waals surface area contributed by atoms with Crippen LogP contribution >= 0.6 is 27.5 Å². The van der Waals surface area contributed by atoms with Crippen LogP contribution in [0.25, 0.3) is 0 Å². The summed E-state index contributed by atoms with van der Waals surface area (Å²) in [6, 6.07) is 3.29. The molecule has 0 N–H and O–H groups in total. The molecule has 1 aromatic rings. The molecular weight excluding hydrogens is 359 g/mol. The first kappa shape index (κ1) is 15.6. The molecular formula is C13H12BrClF3NO. The lowest BCUT2D eigenvalue weighted by Gasteiger charge is -2.27. The summed E-state index contributed by atoms with van der Waals surface area (Å²) >= 11 is 8.49. The minimum Gasteiger partial charge on any atom is -0.333 e. The highest BCUT2D eigenvalue weighted by Gasteiger charge is 2.42. The Kier molecular flexibility index (Phi) is 4.64. The number of alkyl halides is 3. The first-order valence-electron chi connectivity index (χ1n) is 6.04. The quantitative estimate of drug-likeness (QED) is 0.719. The molecule has 2 nitrogen and oxygen atoms in total. The second-order valence-electron chi connectivity index (χ2n) is 4.69. The van der Waals surface area contributed by atoms with Crippen LogP contribution in [0.15, 0.2) is 18.2 Å². The minimum atomic E-state index is -3.48. The van der Waals surface area contributed by atoms with Crippen LogP contribution in [0.1, 0.15) is 18.4 Å². The average molecular weight is 371 g/mol. The molecule has 0 aromatic heterocycles. The third-order valence-corrected chi connectivity index (χ3v) is 3.91. The van der Waals surface area contributed by atoms with Crippen molar-refractivity contribution >= 4 is 33.4 Å². The van der Waals surface area contributed by atoms with Crippen LogP contribution < -0.4 is 0 Å². The topological polar surface area (TPSA) is 20.3 Å². The zero-order chi connectivity index (χ0) is 14.9. The summed E-state index contributed by atoms with van der Waals surface area (Å²) in [6.45, 7) is -0.834. The number of nitrogens with zero attached hydrogens (tertiary/aromatic N) is 1. The molecule has 0 atom stereocenters. The first-order valence-corrected chi connectivity index (χ1v) is 7.54. The van der Waals surface area contributed by atoms with E-state index in [0.717, 1.165) is 11.0 Å². The highest BCUT2D eigenvalue weighted by molar-refractivity contribution is 9.09. The molecule has 1 fully saturated rings. The van der Waals surface area contributed by atoms with Crippen molar-refractivity contribution in [1.29, 1.82) is 0 Å². The van der Waals surface area contributed by atoms with Crippen molar-refractivity contribution in [2.24, 2.45) is 0 Å². The summed E-state index contributed by atoms with van der Waals surface area (Å²) in [5, 5.41) is -0.385. The van der Waals surface area contributed by atoms with Crippen molar-refractivity contribution in [2.45, 2.75) is 24.8 Å². The second kappa shape index (κ2) is 5.93.